The quantitative estimate of drug-likeness (QED) is 0.626. The van der Waals surface area contributed by atoms with Gasteiger partial charge in [-0.25, -0.2) is 0 Å². The lowest BCUT2D eigenvalue weighted by Gasteiger charge is -2.14. The highest BCUT2D eigenvalue weighted by atomic mass is 14.4. The molecule has 1 saturated carbocycles. The molecule has 0 radical (unpaired) electrons. The highest BCUT2D eigenvalue weighted by Gasteiger charge is 2.31. The van der Waals surface area contributed by atoms with Crippen LogP contribution in [0.4, 0.5) is 0 Å². The van der Waals surface area contributed by atoms with Gasteiger partial charge in [-0.1, -0.05) is 54.1 Å². The molecule has 0 aromatic heterocycles. The lowest BCUT2D eigenvalue weighted by atomic mass is 9.91. The molecule has 1 aromatic rings. The molecule has 2 aliphatic rings. The first-order valence-corrected chi connectivity index (χ1v) is 5.83. The van der Waals surface area contributed by atoms with E-state index in [4.69, 9.17) is 0 Å². The van der Waals surface area contributed by atoms with Gasteiger partial charge >= 0.3 is 0 Å². The van der Waals surface area contributed by atoms with Crippen molar-refractivity contribution >= 4 is 6.08 Å². The molecule has 1 aromatic carbocycles. The van der Waals surface area contributed by atoms with E-state index in [-0.39, 0.29) is 0 Å². The van der Waals surface area contributed by atoms with E-state index in [1.807, 2.05) is 0 Å². The molecule has 0 aliphatic heterocycles. The fourth-order valence-electron chi connectivity index (χ4n) is 2.81. The number of allylic oxidation sites excluding steroid dienone is 3. The Balaban J connectivity index is 1.71. The molecule has 0 spiro atoms. The first kappa shape index (κ1) is 8.96. The van der Waals surface area contributed by atoms with E-state index >= 15 is 0 Å². The fourth-order valence-corrected chi connectivity index (χ4v) is 2.81. The summed E-state index contributed by atoms with van der Waals surface area (Å²) < 4.78 is 0. The summed E-state index contributed by atoms with van der Waals surface area (Å²) in [6.07, 6.45) is 11.1. The van der Waals surface area contributed by atoms with E-state index in [0.717, 1.165) is 11.8 Å². The van der Waals surface area contributed by atoms with Crippen LogP contribution < -0.4 is 0 Å². The zero-order valence-electron chi connectivity index (χ0n) is 8.89. The van der Waals surface area contributed by atoms with Crippen LogP contribution in [0.2, 0.25) is 0 Å². The molecule has 0 N–H and O–H groups in total. The molecule has 0 nitrogen and oxygen atoms in total. The molecule has 0 saturated heterocycles. The molecule has 2 aliphatic carbocycles. The van der Waals surface area contributed by atoms with E-state index in [9.17, 15) is 0 Å². The third-order valence-electron chi connectivity index (χ3n) is 3.67. The molecule has 2 bridgehead atoms. The maximum absolute atomic E-state index is 2.44. The van der Waals surface area contributed by atoms with Crippen LogP contribution in [0.1, 0.15) is 24.8 Å². The molecule has 3 rings (SSSR count). The Kier molecular flexibility index (Phi) is 2.21. The Morgan fingerprint density at radius 1 is 1.07 bits per heavy atom. The molecule has 0 heterocycles. The summed E-state index contributed by atoms with van der Waals surface area (Å²) in [5.74, 6) is 1.73. The molecule has 2 unspecified atom stereocenters. The number of benzene rings is 1. The van der Waals surface area contributed by atoms with Gasteiger partial charge in [-0.2, -0.15) is 0 Å². The van der Waals surface area contributed by atoms with Gasteiger partial charge in [0.1, 0.15) is 0 Å². The summed E-state index contributed by atoms with van der Waals surface area (Å²) in [6.45, 7) is 0. The largest absolute Gasteiger partial charge is 0.0850 e. The van der Waals surface area contributed by atoms with Gasteiger partial charge in [0.15, 0.2) is 0 Å². The summed E-state index contributed by atoms with van der Waals surface area (Å²) in [7, 11) is 0. The monoisotopic (exact) mass is 196 g/mol. The van der Waals surface area contributed by atoms with Gasteiger partial charge in [0.2, 0.25) is 0 Å². The van der Waals surface area contributed by atoms with Crippen LogP contribution in [0.5, 0.6) is 0 Å². The van der Waals surface area contributed by atoms with Crippen LogP contribution in [0, 0.1) is 11.8 Å². The third kappa shape index (κ3) is 1.77. The number of hydrogen-bond donors (Lipinski definition) is 0. The molecule has 76 valence electrons. The average Bonchev–Trinajstić information content (AvgIpc) is 2.89. The van der Waals surface area contributed by atoms with Crippen molar-refractivity contribution in [3.05, 3.63) is 53.6 Å². The first-order chi connectivity index (χ1) is 7.42. The zero-order chi connectivity index (χ0) is 10.1. The lowest BCUT2D eigenvalue weighted by Crippen LogP contribution is -2.03. The van der Waals surface area contributed by atoms with E-state index < -0.39 is 0 Å². The minimum atomic E-state index is 0.810. The standard InChI is InChI=1S/C15H16/c1-2-4-12(5-3-1)6-8-14-10-13-7-9-15(14)11-13/h1-8,14-15H,9-11H2/b8-6+. The van der Waals surface area contributed by atoms with Crippen molar-refractivity contribution in [1.29, 1.82) is 0 Å². The van der Waals surface area contributed by atoms with Crippen LogP contribution in [-0.4, -0.2) is 0 Å². The smallest absolute Gasteiger partial charge is 0.0159 e. The molecule has 0 heteroatoms. The van der Waals surface area contributed by atoms with Crippen molar-refractivity contribution < 1.29 is 0 Å². The maximum Gasteiger partial charge on any atom is -0.0159 e. The highest BCUT2D eigenvalue weighted by molar-refractivity contribution is 5.49. The molecule has 1 fully saturated rings. The number of hydrogen-bond acceptors (Lipinski definition) is 0. The summed E-state index contributed by atoms with van der Waals surface area (Å²) in [4.78, 5) is 0. The molecule has 15 heavy (non-hydrogen) atoms. The topological polar surface area (TPSA) is 0 Å². The second-order valence-electron chi connectivity index (χ2n) is 4.70. The van der Waals surface area contributed by atoms with Crippen molar-refractivity contribution in [3.8, 4) is 0 Å². The summed E-state index contributed by atoms with van der Waals surface area (Å²) in [5, 5.41) is 0. The lowest BCUT2D eigenvalue weighted by molar-refractivity contribution is 0.468. The van der Waals surface area contributed by atoms with E-state index in [1.165, 1.54) is 24.8 Å². The average molecular weight is 196 g/mol. The second kappa shape index (κ2) is 3.69. The Morgan fingerprint density at radius 2 is 1.93 bits per heavy atom. The Morgan fingerprint density at radius 3 is 2.60 bits per heavy atom. The van der Waals surface area contributed by atoms with Crippen molar-refractivity contribution in [2.75, 3.05) is 0 Å². The Hall–Kier alpha value is -1.30. The van der Waals surface area contributed by atoms with Gasteiger partial charge in [-0.15, -0.1) is 0 Å². The minimum absolute atomic E-state index is 0.810. The van der Waals surface area contributed by atoms with Crippen LogP contribution in [0.15, 0.2) is 48.1 Å². The summed E-state index contributed by atoms with van der Waals surface area (Å²) in [5.41, 5.74) is 3.02. The number of fused-ring (bicyclic) bond motifs is 2. The predicted octanol–water partition coefficient (Wildman–Crippen LogP) is 4.06. The van der Waals surface area contributed by atoms with Crippen LogP contribution in [0.3, 0.4) is 0 Å². The Labute approximate surface area is 91.3 Å². The van der Waals surface area contributed by atoms with E-state index in [0.29, 0.717) is 0 Å². The first-order valence-electron chi connectivity index (χ1n) is 5.83. The molecule has 2 atom stereocenters. The zero-order valence-corrected chi connectivity index (χ0v) is 8.89. The van der Waals surface area contributed by atoms with Crippen LogP contribution >= 0.6 is 0 Å². The van der Waals surface area contributed by atoms with E-state index in [2.05, 4.69) is 48.6 Å². The fraction of sp³-hybridized carbons (Fsp3) is 0.333. The van der Waals surface area contributed by atoms with E-state index in [1.54, 1.807) is 5.57 Å². The highest BCUT2D eigenvalue weighted by Crippen LogP contribution is 2.44. The minimum Gasteiger partial charge on any atom is -0.0850 e. The van der Waals surface area contributed by atoms with Gasteiger partial charge in [0.05, 0.1) is 0 Å². The summed E-state index contributed by atoms with van der Waals surface area (Å²) in [6, 6.07) is 10.6. The van der Waals surface area contributed by atoms with Crippen LogP contribution in [-0.2, 0) is 0 Å². The van der Waals surface area contributed by atoms with Crippen molar-refractivity contribution in [3.63, 3.8) is 0 Å². The predicted molar refractivity (Wildman–Crippen MR) is 64.4 cm³/mol. The van der Waals surface area contributed by atoms with Gasteiger partial charge in [-0.3, -0.25) is 0 Å². The van der Waals surface area contributed by atoms with Crippen molar-refractivity contribution in [1.82, 2.24) is 0 Å². The number of rotatable bonds is 2. The van der Waals surface area contributed by atoms with Crippen LogP contribution in [0.25, 0.3) is 6.08 Å². The van der Waals surface area contributed by atoms with Crippen molar-refractivity contribution in [2.24, 2.45) is 11.8 Å². The molecule has 0 amide bonds. The van der Waals surface area contributed by atoms with Gasteiger partial charge in [0.25, 0.3) is 0 Å². The summed E-state index contributed by atoms with van der Waals surface area (Å²) >= 11 is 0. The Bertz CT molecular complexity index is 397. The van der Waals surface area contributed by atoms with Gasteiger partial charge in [-0.05, 0) is 36.7 Å². The molecular weight excluding hydrogens is 180 g/mol. The van der Waals surface area contributed by atoms with Gasteiger partial charge in [0, 0.05) is 0 Å². The SMILES string of the molecule is C1=C2CC(/C=C/c3ccccc3)C(C1)C2. The maximum atomic E-state index is 2.44. The van der Waals surface area contributed by atoms with Crippen molar-refractivity contribution in [2.45, 2.75) is 19.3 Å². The van der Waals surface area contributed by atoms with Gasteiger partial charge < -0.3 is 0 Å². The third-order valence-corrected chi connectivity index (χ3v) is 3.67. The second-order valence-corrected chi connectivity index (χ2v) is 4.70. The normalized spacial score (nSPS) is 28.7. The molecular formula is C15H16.